The molecule has 0 aromatic carbocycles. The number of aliphatic imine (C=N–C) groups is 1. The minimum atomic E-state index is 0. The van der Waals surface area contributed by atoms with Crippen LogP contribution in [0.2, 0.25) is 0 Å². The number of nitrogens with zero attached hydrogens (tertiary/aromatic N) is 5. The van der Waals surface area contributed by atoms with Gasteiger partial charge in [0.2, 0.25) is 0 Å². The quantitative estimate of drug-likeness (QED) is 0.365. The highest BCUT2D eigenvalue weighted by atomic mass is 127. The van der Waals surface area contributed by atoms with Gasteiger partial charge in [-0.05, 0) is 26.3 Å². The van der Waals surface area contributed by atoms with Crippen LogP contribution in [0.3, 0.4) is 0 Å². The van der Waals surface area contributed by atoms with E-state index in [4.69, 9.17) is 0 Å². The van der Waals surface area contributed by atoms with Crippen LogP contribution >= 0.6 is 24.0 Å². The van der Waals surface area contributed by atoms with Crippen LogP contribution in [0, 0.1) is 0 Å². The van der Waals surface area contributed by atoms with Gasteiger partial charge in [0.15, 0.2) is 5.96 Å². The van der Waals surface area contributed by atoms with E-state index in [1.807, 2.05) is 18.8 Å². The van der Waals surface area contributed by atoms with Crippen LogP contribution in [0.15, 0.2) is 11.2 Å². The number of aryl methyl sites for hydroxylation is 1. The Labute approximate surface area is 171 Å². The third-order valence-electron chi connectivity index (χ3n) is 4.56. The van der Waals surface area contributed by atoms with Crippen LogP contribution in [-0.2, 0) is 13.6 Å². The lowest BCUT2D eigenvalue weighted by Crippen LogP contribution is -2.43. The molecule has 0 aliphatic rings. The Morgan fingerprint density at radius 1 is 1.32 bits per heavy atom. The fourth-order valence-electron chi connectivity index (χ4n) is 2.75. The van der Waals surface area contributed by atoms with Crippen LogP contribution in [0.4, 0.5) is 0 Å². The van der Waals surface area contributed by atoms with Crippen molar-refractivity contribution in [2.45, 2.75) is 52.6 Å². The molecule has 7 heteroatoms. The summed E-state index contributed by atoms with van der Waals surface area (Å²) in [5, 5.41) is 8.05. The second kappa shape index (κ2) is 11.7. The van der Waals surface area contributed by atoms with Gasteiger partial charge in [0, 0.05) is 58.6 Å². The van der Waals surface area contributed by atoms with Crippen LogP contribution in [0.25, 0.3) is 0 Å². The summed E-state index contributed by atoms with van der Waals surface area (Å²) in [5.41, 5.74) is 2.42. The van der Waals surface area contributed by atoms with E-state index in [9.17, 15) is 0 Å². The minimum Gasteiger partial charge on any atom is -0.355 e. The summed E-state index contributed by atoms with van der Waals surface area (Å²) in [6.07, 6.45) is 3.28. The summed E-state index contributed by atoms with van der Waals surface area (Å²) in [5.74, 6) is 1.35. The van der Waals surface area contributed by atoms with Crippen molar-refractivity contribution in [2.24, 2.45) is 12.0 Å². The Hall–Kier alpha value is -0.830. The molecular formula is C18H37IN6. The number of aromatic nitrogens is 2. The number of hydrogen-bond donors (Lipinski definition) is 1. The first-order valence-electron chi connectivity index (χ1n) is 8.94. The molecule has 0 amide bonds. The van der Waals surface area contributed by atoms with Gasteiger partial charge in [-0.25, -0.2) is 0 Å². The molecule has 146 valence electrons. The molecule has 1 atom stereocenters. The van der Waals surface area contributed by atoms with Gasteiger partial charge >= 0.3 is 0 Å². The highest BCUT2D eigenvalue weighted by Gasteiger charge is 2.15. The lowest BCUT2D eigenvalue weighted by Gasteiger charge is -2.26. The minimum absolute atomic E-state index is 0. The van der Waals surface area contributed by atoms with Gasteiger partial charge in [-0.2, -0.15) is 5.10 Å². The number of halogens is 1. The molecule has 0 saturated heterocycles. The maximum atomic E-state index is 4.59. The second-order valence-corrected chi connectivity index (χ2v) is 6.94. The zero-order valence-corrected chi connectivity index (χ0v) is 19.5. The van der Waals surface area contributed by atoms with Crippen molar-refractivity contribution >= 4 is 29.9 Å². The molecule has 1 aromatic heterocycles. The van der Waals surface area contributed by atoms with Gasteiger partial charge in [0.25, 0.3) is 0 Å². The zero-order chi connectivity index (χ0) is 18.3. The lowest BCUT2D eigenvalue weighted by molar-refractivity contribution is 0.255. The van der Waals surface area contributed by atoms with Gasteiger partial charge in [-0.3, -0.25) is 9.67 Å². The van der Waals surface area contributed by atoms with Gasteiger partial charge in [0.05, 0.1) is 5.69 Å². The van der Waals surface area contributed by atoms with Crippen molar-refractivity contribution in [3.63, 3.8) is 0 Å². The molecule has 1 aromatic rings. The van der Waals surface area contributed by atoms with Crippen LogP contribution < -0.4 is 5.32 Å². The van der Waals surface area contributed by atoms with Gasteiger partial charge in [0.1, 0.15) is 0 Å². The van der Waals surface area contributed by atoms with Gasteiger partial charge < -0.3 is 15.1 Å². The molecule has 0 spiro atoms. The van der Waals surface area contributed by atoms with Crippen molar-refractivity contribution in [3.8, 4) is 0 Å². The van der Waals surface area contributed by atoms with Gasteiger partial charge in [-0.15, -0.1) is 24.0 Å². The SMILES string of the molecule is CCC(C)N(C)CCNC(=NC)N(C)Cc1cn(C)nc1C(C)C.I. The normalized spacial score (nSPS) is 13.1. The maximum Gasteiger partial charge on any atom is 0.193 e. The Morgan fingerprint density at radius 2 is 1.96 bits per heavy atom. The molecule has 25 heavy (non-hydrogen) atoms. The van der Waals surface area contributed by atoms with E-state index in [-0.39, 0.29) is 24.0 Å². The number of hydrogen-bond acceptors (Lipinski definition) is 3. The molecule has 0 bridgehead atoms. The van der Waals surface area contributed by atoms with E-state index in [0.29, 0.717) is 12.0 Å². The molecule has 0 aliphatic carbocycles. The highest BCUT2D eigenvalue weighted by molar-refractivity contribution is 14.0. The summed E-state index contributed by atoms with van der Waals surface area (Å²) in [6, 6.07) is 0.607. The third-order valence-corrected chi connectivity index (χ3v) is 4.56. The Morgan fingerprint density at radius 3 is 2.48 bits per heavy atom. The largest absolute Gasteiger partial charge is 0.355 e. The Balaban J connectivity index is 0.00000576. The van der Waals surface area contributed by atoms with E-state index >= 15 is 0 Å². The molecule has 6 nitrogen and oxygen atoms in total. The molecule has 0 saturated carbocycles. The number of likely N-dealkylation sites (N-methyl/N-ethyl adjacent to an activating group) is 1. The topological polar surface area (TPSA) is 48.7 Å². The molecule has 0 radical (unpaired) electrons. The summed E-state index contributed by atoms with van der Waals surface area (Å²) in [4.78, 5) is 8.95. The molecule has 1 heterocycles. The van der Waals surface area contributed by atoms with Gasteiger partial charge in [-0.1, -0.05) is 20.8 Å². The van der Waals surface area contributed by atoms with Crippen molar-refractivity contribution in [1.82, 2.24) is 24.9 Å². The monoisotopic (exact) mass is 464 g/mol. The summed E-state index contributed by atoms with van der Waals surface area (Å²) in [6.45, 7) is 11.6. The van der Waals surface area contributed by atoms with E-state index in [1.165, 1.54) is 12.0 Å². The van der Waals surface area contributed by atoms with Crippen molar-refractivity contribution in [1.29, 1.82) is 0 Å². The third kappa shape index (κ3) is 7.52. The van der Waals surface area contributed by atoms with Crippen molar-refractivity contribution in [2.75, 3.05) is 34.2 Å². The summed E-state index contributed by atoms with van der Waals surface area (Å²) in [7, 11) is 8.06. The predicted octanol–water partition coefficient (Wildman–Crippen LogP) is 2.90. The Kier molecular flexibility index (Phi) is 11.3. The van der Waals surface area contributed by atoms with Crippen molar-refractivity contribution < 1.29 is 0 Å². The molecule has 0 fully saturated rings. The first kappa shape index (κ1) is 24.2. The fraction of sp³-hybridized carbons (Fsp3) is 0.778. The fourth-order valence-corrected chi connectivity index (χ4v) is 2.75. The maximum absolute atomic E-state index is 4.59. The average Bonchev–Trinajstić information content (AvgIpc) is 2.90. The van der Waals surface area contributed by atoms with Crippen LogP contribution in [-0.4, -0.2) is 65.8 Å². The highest BCUT2D eigenvalue weighted by Crippen LogP contribution is 2.18. The zero-order valence-electron chi connectivity index (χ0n) is 17.2. The van der Waals surface area contributed by atoms with E-state index in [2.05, 4.69) is 73.2 Å². The first-order chi connectivity index (χ1) is 11.3. The van der Waals surface area contributed by atoms with E-state index in [1.54, 1.807) is 0 Å². The molecule has 1 rings (SSSR count). The number of rotatable bonds is 8. The second-order valence-electron chi connectivity index (χ2n) is 6.94. The van der Waals surface area contributed by atoms with E-state index in [0.717, 1.165) is 31.3 Å². The number of nitrogens with one attached hydrogen (secondary N) is 1. The molecule has 1 N–H and O–H groups in total. The molecule has 0 aliphatic heterocycles. The molecule has 1 unspecified atom stereocenters. The van der Waals surface area contributed by atoms with E-state index < -0.39 is 0 Å². The predicted molar refractivity (Wildman–Crippen MR) is 118 cm³/mol. The smallest absolute Gasteiger partial charge is 0.193 e. The lowest BCUT2D eigenvalue weighted by atomic mass is 10.1. The average molecular weight is 464 g/mol. The molecular weight excluding hydrogens is 427 g/mol. The van der Waals surface area contributed by atoms with Crippen LogP contribution in [0.1, 0.15) is 51.3 Å². The Bertz CT molecular complexity index is 526. The first-order valence-corrected chi connectivity index (χ1v) is 8.94. The van der Waals surface area contributed by atoms with Crippen molar-refractivity contribution in [3.05, 3.63) is 17.5 Å². The summed E-state index contributed by atoms with van der Waals surface area (Å²) < 4.78 is 1.90. The number of guanidine groups is 1. The standard InChI is InChI=1S/C18H36N6.HI/c1-9-15(4)22(6)11-10-20-18(19-5)23(7)12-16-13-24(8)21-17(16)14(2)3;/h13-15H,9-12H2,1-8H3,(H,19,20);1H. The van der Waals surface area contributed by atoms with Crippen LogP contribution in [0.5, 0.6) is 0 Å². The summed E-state index contributed by atoms with van der Waals surface area (Å²) >= 11 is 0.